The summed E-state index contributed by atoms with van der Waals surface area (Å²) in [5.74, 6) is -1.62. The minimum atomic E-state index is -1.15. The Morgan fingerprint density at radius 1 is 0.903 bits per heavy atom. The van der Waals surface area contributed by atoms with Gasteiger partial charge in [-0.3, -0.25) is 14.4 Å². The lowest BCUT2D eigenvalue weighted by molar-refractivity contribution is -0.153. The minimum absolute atomic E-state index is 0.365. The lowest BCUT2D eigenvalue weighted by Gasteiger charge is -2.18. The van der Waals surface area contributed by atoms with Gasteiger partial charge in [-0.05, 0) is 43.3 Å². The molecule has 1 atom stereocenters. The second-order valence-electron chi connectivity index (χ2n) is 6.83. The number of amides is 2. The molecule has 0 heterocycles. The molecule has 7 heteroatoms. The maximum absolute atomic E-state index is 12.8. The Hall–Kier alpha value is -3.45. The van der Waals surface area contributed by atoms with Gasteiger partial charge in [0.2, 0.25) is 6.10 Å². The molecule has 0 aliphatic rings. The summed E-state index contributed by atoms with van der Waals surface area (Å²) in [4.78, 5) is 37.4. The van der Waals surface area contributed by atoms with Gasteiger partial charge in [-0.2, -0.15) is 0 Å². The number of aryl methyl sites for hydroxylation is 1. The van der Waals surface area contributed by atoms with Gasteiger partial charge in [0.15, 0.2) is 0 Å². The van der Waals surface area contributed by atoms with E-state index in [9.17, 15) is 14.4 Å². The number of rotatable bonds is 7. The average molecular weight is 481 g/mol. The molecule has 0 saturated heterocycles. The van der Waals surface area contributed by atoms with Crippen molar-refractivity contribution in [1.82, 2.24) is 5.32 Å². The summed E-state index contributed by atoms with van der Waals surface area (Å²) in [6, 6.07) is 22.7. The van der Waals surface area contributed by atoms with Crippen LogP contribution in [0.2, 0.25) is 0 Å². The second kappa shape index (κ2) is 10.5. The molecule has 3 aromatic rings. The van der Waals surface area contributed by atoms with Gasteiger partial charge in [0.05, 0.1) is 0 Å². The molecule has 0 saturated carbocycles. The van der Waals surface area contributed by atoms with Gasteiger partial charge >= 0.3 is 5.97 Å². The molecule has 1 unspecified atom stereocenters. The van der Waals surface area contributed by atoms with Crippen molar-refractivity contribution >= 4 is 39.4 Å². The number of hydrogen-bond acceptors (Lipinski definition) is 4. The standard InChI is InChI=1S/C24H21BrN2O4/c1-16-7-13-20(14-8-16)27-24(30)22(17-5-3-2-4-6-17)31-21(28)15-26-23(29)18-9-11-19(25)12-10-18/h2-14,22H,15H2,1H3,(H,26,29)(H,27,30). The van der Waals surface area contributed by atoms with Gasteiger partial charge in [-0.25, -0.2) is 0 Å². The maximum Gasteiger partial charge on any atom is 0.326 e. The highest BCUT2D eigenvalue weighted by atomic mass is 79.9. The third-order valence-electron chi connectivity index (χ3n) is 4.41. The molecule has 3 rings (SSSR count). The number of hydrogen-bond donors (Lipinski definition) is 2. The molecule has 0 radical (unpaired) electrons. The van der Waals surface area contributed by atoms with Gasteiger partial charge in [0.25, 0.3) is 11.8 Å². The predicted octanol–water partition coefficient (Wildman–Crippen LogP) is 4.41. The minimum Gasteiger partial charge on any atom is -0.446 e. The third kappa shape index (κ3) is 6.52. The van der Waals surface area contributed by atoms with Crippen LogP contribution in [0.5, 0.6) is 0 Å². The number of anilines is 1. The molecule has 0 aromatic heterocycles. The molecule has 0 spiro atoms. The normalized spacial score (nSPS) is 11.3. The summed E-state index contributed by atoms with van der Waals surface area (Å²) in [5, 5.41) is 5.27. The van der Waals surface area contributed by atoms with Crippen molar-refractivity contribution in [2.24, 2.45) is 0 Å². The van der Waals surface area contributed by atoms with E-state index in [1.165, 1.54) is 0 Å². The smallest absolute Gasteiger partial charge is 0.326 e. The highest BCUT2D eigenvalue weighted by molar-refractivity contribution is 9.10. The number of nitrogens with one attached hydrogen (secondary N) is 2. The number of esters is 1. The Morgan fingerprint density at radius 3 is 2.19 bits per heavy atom. The number of benzene rings is 3. The SMILES string of the molecule is Cc1ccc(NC(=O)C(OC(=O)CNC(=O)c2ccc(Br)cc2)c2ccccc2)cc1. The van der Waals surface area contributed by atoms with Crippen molar-refractivity contribution in [3.63, 3.8) is 0 Å². The molecule has 0 aliphatic carbocycles. The van der Waals surface area contributed by atoms with Crippen molar-refractivity contribution in [2.75, 3.05) is 11.9 Å². The molecule has 6 nitrogen and oxygen atoms in total. The molecule has 2 amide bonds. The molecule has 3 aromatic carbocycles. The number of carbonyl (C=O) groups excluding carboxylic acids is 3. The largest absolute Gasteiger partial charge is 0.446 e. The highest BCUT2D eigenvalue weighted by Crippen LogP contribution is 2.20. The lowest BCUT2D eigenvalue weighted by atomic mass is 10.1. The Morgan fingerprint density at radius 2 is 1.55 bits per heavy atom. The Balaban J connectivity index is 1.65. The summed E-state index contributed by atoms with van der Waals surface area (Å²) in [6.45, 7) is 1.58. The molecule has 0 bridgehead atoms. The van der Waals surface area contributed by atoms with Gasteiger partial charge in [-0.1, -0.05) is 64.0 Å². The summed E-state index contributed by atoms with van der Waals surface area (Å²) in [7, 11) is 0. The first-order chi connectivity index (χ1) is 14.9. The van der Waals surface area contributed by atoms with Crippen molar-refractivity contribution < 1.29 is 19.1 Å². The topological polar surface area (TPSA) is 84.5 Å². The van der Waals surface area contributed by atoms with E-state index < -0.39 is 23.9 Å². The average Bonchev–Trinajstić information content (AvgIpc) is 2.78. The zero-order chi connectivity index (χ0) is 22.2. The lowest BCUT2D eigenvalue weighted by Crippen LogP contribution is -2.33. The zero-order valence-corrected chi connectivity index (χ0v) is 18.4. The predicted molar refractivity (Wildman–Crippen MR) is 122 cm³/mol. The van der Waals surface area contributed by atoms with Gasteiger partial charge in [0, 0.05) is 21.3 Å². The number of halogens is 1. The fraction of sp³-hybridized carbons (Fsp3) is 0.125. The van der Waals surface area contributed by atoms with Gasteiger partial charge < -0.3 is 15.4 Å². The third-order valence-corrected chi connectivity index (χ3v) is 4.94. The van der Waals surface area contributed by atoms with Crippen LogP contribution in [-0.2, 0) is 14.3 Å². The molecule has 31 heavy (non-hydrogen) atoms. The van der Waals surface area contributed by atoms with Crippen molar-refractivity contribution in [3.8, 4) is 0 Å². The van der Waals surface area contributed by atoms with Crippen LogP contribution >= 0.6 is 15.9 Å². The van der Waals surface area contributed by atoms with Crippen LogP contribution in [-0.4, -0.2) is 24.3 Å². The first-order valence-corrected chi connectivity index (χ1v) is 10.4. The highest BCUT2D eigenvalue weighted by Gasteiger charge is 2.25. The van der Waals surface area contributed by atoms with Crippen LogP contribution in [0.1, 0.15) is 27.6 Å². The van der Waals surface area contributed by atoms with Gasteiger partial charge in [0.1, 0.15) is 6.54 Å². The molecular formula is C24H21BrN2O4. The zero-order valence-electron chi connectivity index (χ0n) is 16.8. The fourth-order valence-corrected chi connectivity index (χ4v) is 3.04. The Kier molecular flexibility index (Phi) is 7.56. The van der Waals surface area contributed by atoms with Crippen molar-refractivity contribution in [1.29, 1.82) is 0 Å². The second-order valence-corrected chi connectivity index (χ2v) is 7.74. The van der Waals surface area contributed by atoms with E-state index >= 15 is 0 Å². The van der Waals surface area contributed by atoms with Crippen LogP contribution in [0.15, 0.2) is 83.3 Å². The van der Waals surface area contributed by atoms with E-state index in [1.807, 2.05) is 19.1 Å². The Labute approximate surface area is 188 Å². The van der Waals surface area contributed by atoms with Crippen molar-refractivity contribution in [2.45, 2.75) is 13.0 Å². The first-order valence-electron chi connectivity index (χ1n) is 9.58. The molecular weight excluding hydrogens is 460 g/mol. The van der Waals surface area contributed by atoms with Crippen LogP contribution in [0.25, 0.3) is 0 Å². The van der Waals surface area contributed by atoms with E-state index in [-0.39, 0.29) is 6.54 Å². The molecule has 0 aliphatic heterocycles. The van der Waals surface area contributed by atoms with E-state index in [1.54, 1.807) is 66.7 Å². The maximum atomic E-state index is 12.8. The van der Waals surface area contributed by atoms with E-state index in [0.717, 1.165) is 10.0 Å². The van der Waals surface area contributed by atoms with Crippen molar-refractivity contribution in [3.05, 3.63) is 100 Å². The molecule has 2 N–H and O–H groups in total. The van der Waals surface area contributed by atoms with E-state index in [0.29, 0.717) is 16.8 Å². The molecule has 158 valence electrons. The quantitative estimate of drug-likeness (QED) is 0.490. The fourth-order valence-electron chi connectivity index (χ4n) is 2.77. The van der Waals surface area contributed by atoms with E-state index in [4.69, 9.17) is 4.74 Å². The van der Waals surface area contributed by atoms with E-state index in [2.05, 4.69) is 26.6 Å². The van der Waals surface area contributed by atoms with Crippen LogP contribution in [0.3, 0.4) is 0 Å². The summed E-state index contributed by atoms with van der Waals surface area (Å²) >= 11 is 3.30. The van der Waals surface area contributed by atoms with Crippen LogP contribution in [0, 0.1) is 6.92 Å². The summed E-state index contributed by atoms with van der Waals surface area (Å²) in [5.41, 5.74) is 2.59. The number of ether oxygens (including phenoxy) is 1. The van der Waals surface area contributed by atoms with Gasteiger partial charge in [-0.15, -0.1) is 0 Å². The number of carbonyl (C=O) groups is 3. The monoisotopic (exact) mass is 480 g/mol. The van der Waals surface area contributed by atoms with Crippen LogP contribution < -0.4 is 10.6 Å². The summed E-state index contributed by atoms with van der Waals surface area (Å²) < 4.78 is 6.27. The van der Waals surface area contributed by atoms with Crippen LogP contribution in [0.4, 0.5) is 5.69 Å². The summed E-state index contributed by atoms with van der Waals surface area (Å²) in [6.07, 6.45) is -1.15. The molecule has 0 fully saturated rings. The Bertz CT molecular complexity index is 1050. The first kappa shape index (κ1) is 22.2.